The number of benzene rings is 1. The molecule has 1 nitrogen and oxygen atoms in total. The summed E-state index contributed by atoms with van der Waals surface area (Å²) in [6.07, 6.45) is -5.19. The fourth-order valence-corrected chi connectivity index (χ4v) is 1.34. The van der Waals surface area contributed by atoms with Crippen molar-refractivity contribution in [1.29, 1.82) is 0 Å². The summed E-state index contributed by atoms with van der Waals surface area (Å²) < 4.78 is 36.4. The van der Waals surface area contributed by atoms with Gasteiger partial charge in [0.25, 0.3) is 0 Å². The summed E-state index contributed by atoms with van der Waals surface area (Å²) in [5, 5.41) is 8.95. The van der Waals surface area contributed by atoms with Crippen LogP contribution in [0.15, 0.2) is 24.3 Å². The van der Waals surface area contributed by atoms with Gasteiger partial charge in [0, 0.05) is 0 Å². The van der Waals surface area contributed by atoms with E-state index in [1.54, 1.807) is 12.1 Å². The Labute approximate surface area is 86.5 Å². The van der Waals surface area contributed by atoms with Crippen LogP contribution in [0.5, 0.6) is 0 Å². The van der Waals surface area contributed by atoms with Crippen LogP contribution in [0.2, 0.25) is 0 Å². The van der Waals surface area contributed by atoms with Crippen LogP contribution < -0.4 is 0 Å². The van der Waals surface area contributed by atoms with E-state index in [4.69, 9.17) is 5.11 Å². The van der Waals surface area contributed by atoms with E-state index < -0.39 is 12.3 Å². The Balaban J connectivity index is 2.80. The van der Waals surface area contributed by atoms with Crippen molar-refractivity contribution in [3.8, 4) is 0 Å². The molecule has 0 fully saturated rings. The molecule has 0 radical (unpaired) electrons. The third-order valence-electron chi connectivity index (χ3n) is 2.14. The topological polar surface area (TPSA) is 20.2 Å². The maximum Gasteiger partial charge on any atom is 0.418 e. The lowest BCUT2D eigenvalue weighted by molar-refractivity contribution is -0.206. The quantitative estimate of drug-likeness (QED) is 0.825. The van der Waals surface area contributed by atoms with E-state index in [1.807, 2.05) is 6.92 Å². The lowest BCUT2D eigenvalue weighted by Crippen LogP contribution is -2.20. The average molecular weight is 218 g/mol. The molecule has 0 bridgehead atoms. The Morgan fingerprint density at radius 3 is 2.13 bits per heavy atom. The number of aliphatic hydroxyl groups is 1. The molecule has 1 aromatic carbocycles. The SMILES string of the molecule is CCCc1ccc(C(O)C(F)(F)F)cc1. The van der Waals surface area contributed by atoms with Crippen molar-refractivity contribution in [1.82, 2.24) is 0 Å². The van der Waals surface area contributed by atoms with Crippen LogP contribution in [-0.2, 0) is 6.42 Å². The molecule has 1 atom stereocenters. The zero-order valence-corrected chi connectivity index (χ0v) is 8.38. The van der Waals surface area contributed by atoms with Gasteiger partial charge in [-0.1, -0.05) is 37.6 Å². The maximum absolute atomic E-state index is 12.1. The monoisotopic (exact) mass is 218 g/mol. The highest BCUT2D eigenvalue weighted by molar-refractivity contribution is 5.25. The highest BCUT2D eigenvalue weighted by atomic mass is 19.4. The highest BCUT2D eigenvalue weighted by Crippen LogP contribution is 2.32. The van der Waals surface area contributed by atoms with Crippen LogP contribution in [-0.4, -0.2) is 11.3 Å². The molecular weight excluding hydrogens is 205 g/mol. The summed E-state index contributed by atoms with van der Waals surface area (Å²) in [5.41, 5.74) is 0.873. The molecule has 0 saturated heterocycles. The Kier molecular flexibility index (Phi) is 3.74. The number of halogens is 3. The second-order valence-corrected chi connectivity index (χ2v) is 3.44. The number of aliphatic hydroxyl groups excluding tert-OH is 1. The standard InChI is InChI=1S/C11H13F3O/c1-2-3-8-4-6-9(7-5-8)10(15)11(12,13)14/h4-7,10,15H,2-3H2,1H3. The Morgan fingerprint density at radius 1 is 1.20 bits per heavy atom. The van der Waals surface area contributed by atoms with Crippen LogP contribution in [0.3, 0.4) is 0 Å². The fourth-order valence-electron chi connectivity index (χ4n) is 1.34. The smallest absolute Gasteiger partial charge is 0.379 e. The van der Waals surface area contributed by atoms with Gasteiger partial charge in [0.15, 0.2) is 6.10 Å². The van der Waals surface area contributed by atoms with E-state index in [-0.39, 0.29) is 5.56 Å². The molecule has 0 aliphatic rings. The summed E-state index contributed by atoms with van der Waals surface area (Å²) in [4.78, 5) is 0. The largest absolute Gasteiger partial charge is 0.418 e. The molecule has 0 saturated carbocycles. The third kappa shape index (κ3) is 3.23. The lowest BCUT2D eigenvalue weighted by atomic mass is 10.0. The Bertz CT molecular complexity index is 303. The molecule has 0 heterocycles. The summed E-state index contributed by atoms with van der Waals surface area (Å²) in [5.74, 6) is 0. The van der Waals surface area contributed by atoms with Gasteiger partial charge < -0.3 is 5.11 Å². The van der Waals surface area contributed by atoms with Crippen molar-refractivity contribution in [2.75, 3.05) is 0 Å². The molecule has 1 unspecified atom stereocenters. The van der Waals surface area contributed by atoms with Crippen LogP contribution in [0.25, 0.3) is 0 Å². The van der Waals surface area contributed by atoms with E-state index in [0.29, 0.717) is 0 Å². The maximum atomic E-state index is 12.1. The summed E-state index contributed by atoms with van der Waals surface area (Å²) in [6, 6.07) is 5.88. The molecule has 0 aliphatic heterocycles. The van der Waals surface area contributed by atoms with Crippen LogP contribution in [0.4, 0.5) is 13.2 Å². The first kappa shape index (κ1) is 12.0. The molecule has 15 heavy (non-hydrogen) atoms. The van der Waals surface area contributed by atoms with Crippen molar-refractivity contribution in [3.05, 3.63) is 35.4 Å². The predicted molar refractivity (Wildman–Crippen MR) is 51.5 cm³/mol. The minimum absolute atomic E-state index is 0.109. The van der Waals surface area contributed by atoms with Crippen molar-refractivity contribution in [2.24, 2.45) is 0 Å². The van der Waals surface area contributed by atoms with E-state index in [1.165, 1.54) is 12.1 Å². The first-order valence-electron chi connectivity index (χ1n) is 4.78. The van der Waals surface area contributed by atoms with Gasteiger partial charge in [-0.25, -0.2) is 0 Å². The number of rotatable bonds is 3. The van der Waals surface area contributed by atoms with Crippen LogP contribution in [0, 0.1) is 0 Å². The first-order valence-corrected chi connectivity index (χ1v) is 4.78. The van der Waals surface area contributed by atoms with Gasteiger partial charge in [0.05, 0.1) is 0 Å². The molecular formula is C11H13F3O. The minimum atomic E-state index is -4.59. The Morgan fingerprint density at radius 2 is 1.73 bits per heavy atom. The molecule has 84 valence electrons. The van der Waals surface area contributed by atoms with Gasteiger partial charge in [-0.05, 0) is 17.5 Å². The van der Waals surface area contributed by atoms with Crippen LogP contribution >= 0.6 is 0 Å². The van der Waals surface area contributed by atoms with E-state index in [0.717, 1.165) is 18.4 Å². The zero-order chi connectivity index (χ0) is 11.5. The molecule has 0 aromatic heterocycles. The van der Waals surface area contributed by atoms with Crippen LogP contribution in [0.1, 0.15) is 30.6 Å². The second kappa shape index (κ2) is 4.66. The zero-order valence-electron chi connectivity index (χ0n) is 8.38. The Hall–Kier alpha value is -1.03. The molecule has 1 N–H and O–H groups in total. The lowest BCUT2D eigenvalue weighted by Gasteiger charge is -2.14. The van der Waals surface area contributed by atoms with Crippen molar-refractivity contribution < 1.29 is 18.3 Å². The average Bonchev–Trinajstić information content (AvgIpc) is 2.17. The van der Waals surface area contributed by atoms with E-state index in [2.05, 4.69) is 0 Å². The highest BCUT2D eigenvalue weighted by Gasteiger charge is 2.39. The predicted octanol–water partition coefficient (Wildman–Crippen LogP) is 3.23. The molecule has 0 aliphatic carbocycles. The number of hydrogen-bond donors (Lipinski definition) is 1. The van der Waals surface area contributed by atoms with Crippen molar-refractivity contribution in [3.63, 3.8) is 0 Å². The van der Waals surface area contributed by atoms with E-state index >= 15 is 0 Å². The summed E-state index contributed by atoms with van der Waals surface area (Å²) >= 11 is 0. The summed E-state index contributed by atoms with van der Waals surface area (Å²) in [7, 11) is 0. The van der Waals surface area contributed by atoms with Gasteiger partial charge >= 0.3 is 6.18 Å². The summed E-state index contributed by atoms with van der Waals surface area (Å²) in [6.45, 7) is 2.00. The van der Waals surface area contributed by atoms with Gasteiger partial charge in [-0.15, -0.1) is 0 Å². The van der Waals surface area contributed by atoms with E-state index in [9.17, 15) is 13.2 Å². The molecule has 0 spiro atoms. The molecule has 1 aromatic rings. The van der Waals surface area contributed by atoms with Gasteiger partial charge in [0.2, 0.25) is 0 Å². The first-order chi connectivity index (χ1) is 6.95. The molecule has 1 rings (SSSR count). The number of hydrogen-bond acceptors (Lipinski definition) is 1. The number of aryl methyl sites for hydroxylation is 1. The second-order valence-electron chi connectivity index (χ2n) is 3.44. The molecule has 4 heteroatoms. The van der Waals surface area contributed by atoms with Gasteiger partial charge in [-0.2, -0.15) is 13.2 Å². The number of alkyl halides is 3. The van der Waals surface area contributed by atoms with Gasteiger partial charge in [-0.3, -0.25) is 0 Å². The normalized spacial score (nSPS) is 13.9. The third-order valence-corrected chi connectivity index (χ3v) is 2.14. The van der Waals surface area contributed by atoms with Crippen molar-refractivity contribution in [2.45, 2.75) is 32.0 Å². The van der Waals surface area contributed by atoms with Crippen molar-refractivity contribution >= 4 is 0 Å². The van der Waals surface area contributed by atoms with Gasteiger partial charge in [0.1, 0.15) is 0 Å². The fraction of sp³-hybridized carbons (Fsp3) is 0.455. The minimum Gasteiger partial charge on any atom is -0.379 e. The molecule has 0 amide bonds.